The monoisotopic (exact) mass is 593 g/mol. The lowest BCUT2D eigenvalue weighted by Crippen LogP contribution is -2.28. The number of para-hydroxylation sites is 1. The standard InChI is InChI=1S/C26H31N3O7S3/c1-3-35-14-13-29-18-10-6-8-12-20(18)38-26(29)28-22(31)16-39(33,34)15-21(30)27-24-23(25(32)36-4-2)17-9-5-7-11-19(17)37-24/h6,8,10,12H,3-5,7,9,11,13-16H2,1-2H3,(H,27,30). The number of anilines is 1. The highest BCUT2D eigenvalue weighted by Crippen LogP contribution is 2.38. The quantitative estimate of drug-likeness (QED) is 0.266. The molecule has 2 aromatic heterocycles. The van der Waals surface area contributed by atoms with Gasteiger partial charge in [0, 0.05) is 18.0 Å². The Morgan fingerprint density at radius 3 is 2.59 bits per heavy atom. The summed E-state index contributed by atoms with van der Waals surface area (Å²) in [5.74, 6) is -4.04. The normalized spacial score (nSPS) is 13.8. The number of carbonyl (C=O) groups excluding carboxylic acids is 3. The van der Waals surface area contributed by atoms with Crippen molar-refractivity contribution in [2.45, 2.75) is 46.1 Å². The molecule has 0 spiro atoms. The first-order chi connectivity index (χ1) is 18.7. The number of hydrogen-bond acceptors (Lipinski definition) is 9. The molecule has 4 rings (SSSR count). The topological polar surface area (TPSA) is 133 Å². The lowest BCUT2D eigenvalue weighted by Gasteiger charge is -2.12. The number of rotatable bonds is 11. The van der Waals surface area contributed by atoms with Crippen molar-refractivity contribution in [3.8, 4) is 0 Å². The van der Waals surface area contributed by atoms with Crippen molar-refractivity contribution in [3.05, 3.63) is 45.1 Å². The van der Waals surface area contributed by atoms with E-state index in [0.717, 1.165) is 39.9 Å². The molecule has 0 saturated carbocycles. The molecule has 3 aromatic rings. The fraction of sp³-hybridized carbons (Fsp3) is 0.462. The van der Waals surface area contributed by atoms with Gasteiger partial charge >= 0.3 is 5.97 Å². The highest BCUT2D eigenvalue weighted by Gasteiger charge is 2.28. The SMILES string of the molecule is CCOCCn1c(=NC(=O)CS(=O)(=O)CC(=O)Nc2sc3c(c2C(=O)OCC)CCCC3)sc2ccccc21. The Balaban J connectivity index is 1.49. The number of thiophene rings is 1. The van der Waals surface area contributed by atoms with E-state index < -0.39 is 39.1 Å². The van der Waals surface area contributed by atoms with Crippen molar-refractivity contribution < 1.29 is 32.3 Å². The lowest BCUT2D eigenvalue weighted by atomic mass is 9.95. The van der Waals surface area contributed by atoms with Crippen LogP contribution in [0.25, 0.3) is 10.2 Å². The van der Waals surface area contributed by atoms with E-state index in [1.54, 1.807) is 6.92 Å². The van der Waals surface area contributed by atoms with Crippen LogP contribution in [0.4, 0.5) is 5.00 Å². The fourth-order valence-electron chi connectivity index (χ4n) is 4.44. The van der Waals surface area contributed by atoms with Crippen LogP contribution in [0.2, 0.25) is 0 Å². The van der Waals surface area contributed by atoms with Crippen LogP contribution >= 0.6 is 22.7 Å². The summed E-state index contributed by atoms with van der Waals surface area (Å²) in [5.41, 5.74) is 2.03. The third-order valence-electron chi connectivity index (χ3n) is 6.07. The first-order valence-corrected chi connectivity index (χ1v) is 16.2. The molecule has 2 heterocycles. The molecule has 1 aliphatic rings. The van der Waals surface area contributed by atoms with E-state index in [0.29, 0.717) is 36.5 Å². The molecule has 0 unspecified atom stereocenters. The highest BCUT2D eigenvalue weighted by atomic mass is 32.2. The molecule has 1 N–H and O–H groups in total. The number of amides is 2. The van der Waals surface area contributed by atoms with Crippen molar-refractivity contribution in [1.29, 1.82) is 0 Å². The average Bonchev–Trinajstić information content (AvgIpc) is 3.40. The average molecular weight is 594 g/mol. The molecule has 39 heavy (non-hydrogen) atoms. The van der Waals surface area contributed by atoms with Crippen molar-refractivity contribution in [2.24, 2.45) is 4.99 Å². The number of esters is 1. The number of benzene rings is 1. The predicted octanol–water partition coefficient (Wildman–Crippen LogP) is 3.34. The van der Waals surface area contributed by atoms with Crippen molar-refractivity contribution in [3.63, 3.8) is 0 Å². The molecule has 0 saturated heterocycles. The Bertz CT molecular complexity index is 1550. The van der Waals surface area contributed by atoms with E-state index in [1.165, 1.54) is 22.7 Å². The van der Waals surface area contributed by atoms with Gasteiger partial charge in [-0.3, -0.25) is 9.59 Å². The number of aromatic nitrogens is 1. The molecule has 1 aromatic carbocycles. The van der Waals surface area contributed by atoms with Crippen molar-refractivity contribution in [1.82, 2.24) is 4.57 Å². The van der Waals surface area contributed by atoms with Gasteiger partial charge in [-0.15, -0.1) is 11.3 Å². The van der Waals surface area contributed by atoms with Crippen LogP contribution < -0.4 is 10.1 Å². The maximum atomic E-state index is 12.8. The highest BCUT2D eigenvalue weighted by molar-refractivity contribution is 7.92. The Morgan fingerprint density at radius 1 is 1.05 bits per heavy atom. The summed E-state index contributed by atoms with van der Waals surface area (Å²) in [6, 6.07) is 7.54. The van der Waals surface area contributed by atoms with E-state index in [9.17, 15) is 22.8 Å². The third kappa shape index (κ3) is 7.21. The number of carbonyl (C=O) groups is 3. The van der Waals surface area contributed by atoms with Gasteiger partial charge in [-0.1, -0.05) is 23.5 Å². The van der Waals surface area contributed by atoms with E-state index in [2.05, 4.69) is 10.3 Å². The van der Waals surface area contributed by atoms with Crippen molar-refractivity contribution >= 4 is 65.5 Å². The number of fused-ring (bicyclic) bond motifs is 2. The predicted molar refractivity (Wildman–Crippen MR) is 151 cm³/mol. The van der Waals surface area contributed by atoms with Crippen LogP contribution in [-0.4, -0.2) is 62.1 Å². The van der Waals surface area contributed by atoms with Gasteiger partial charge in [-0.05, 0) is 57.2 Å². The summed E-state index contributed by atoms with van der Waals surface area (Å²) < 4.78 is 38.9. The minimum absolute atomic E-state index is 0.183. The molecular weight excluding hydrogens is 563 g/mol. The summed E-state index contributed by atoms with van der Waals surface area (Å²) in [6.45, 7) is 5.18. The molecule has 0 atom stereocenters. The molecule has 0 aliphatic heterocycles. The van der Waals surface area contributed by atoms with Gasteiger partial charge in [-0.2, -0.15) is 4.99 Å². The number of thiazole rings is 1. The van der Waals surface area contributed by atoms with Crippen LogP contribution in [0, 0.1) is 0 Å². The Morgan fingerprint density at radius 2 is 1.82 bits per heavy atom. The summed E-state index contributed by atoms with van der Waals surface area (Å²) >= 11 is 2.55. The smallest absolute Gasteiger partial charge is 0.341 e. The van der Waals surface area contributed by atoms with Crippen LogP contribution in [0.15, 0.2) is 29.3 Å². The summed E-state index contributed by atoms with van der Waals surface area (Å²) in [5, 5.41) is 2.87. The maximum Gasteiger partial charge on any atom is 0.341 e. The largest absolute Gasteiger partial charge is 0.462 e. The molecule has 2 amide bonds. The van der Waals surface area contributed by atoms with E-state index in [-0.39, 0.29) is 11.6 Å². The molecule has 13 heteroatoms. The van der Waals surface area contributed by atoms with Crippen LogP contribution in [0.3, 0.4) is 0 Å². The number of nitrogens with zero attached hydrogens (tertiary/aromatic N) is 2. The van der Waals surface area contributed by atoms with Crippen LogP contribution in [0.1, 0.15) is 47.5 Å². The zero-order chi connectivity index (χ0) is 28.0. The maximum absolute atomic E-state index is 12.8. The number of nitrogens with one attached hydrogen (secondary N) is 1. The molecular formula is C26H31N3O7S3. The van der Waals surface area contributed by atoms with Gasteiger partial charge in [0.15, 0.2) is 14.6 Å². The fourth-order valence-corrected chi connectivity index (χ4v) is 7.82. The second-order valence-corrected chi connectivity index (χ2v) is 13.1. The van der Waals surface area contributed by atoms with Gasteiger partial charge in [0.2, 0.25) is 5.91 Å². The first kappa shape index (κ1) is 29.1. The van der Waals surface area contributed by atoms with Gasteiger partial charge in [0.25, 0.3) is 5.91 Å². The van der Waals surface area contributed by atoms with E-state index >= 15 is 0 Å². The van der Waals surface area contributed by atoms with Gasteiger partial charge in [-0.25, -0.2) is 13.2 Å². The zero-order valence-corrected chi connectivity index (χ0v) is 24.3. The zero-order valence-electron chi connectivity index (χ0n) is 21.9. The number of sulfone groups is 1. The molecule has 0 radical (unpaired) electrons. The Kier molecular flexibility index (Phi) is 9.70. The van der Waals surface area contributed by atoms with Crippen LogP contribution in [0.5, 0.6) is 0 Å². The van der Waals surface area contributed by atoms with E-state index in [4.69, 9.17) is 9.47 Å². The molecule has 210 valence electrons. The number of ether oxygens (including phenoxy) is 2. The molecule has 0 bridgehead atoms. The minimum Gasteiger partial charge on any atom is -0.462 e. The Hall–Kier alpha value is -2.87. The van der Waals surface area contributed by atoms with Gasteiger partial charge in [0.05, 0.1) is 29.0 Å². The third-order valence-corrected chi connectivity index (χ3v) is 9.73. The second-order valence-electron chi connectivity index (χ2n) is 8.92. The summed E-state index contributed by atoms with van der Waals surface area (Å²) in [6.07, 6.45) is 3.40. The summed E-state index contributed by atoms with van der Waals surface area (Å²) in [7, 11) is -4.13. The van der Waals surface area contributed by atoms with Gasteiger partial charge in [0.1, 0.15) is 16.5 Å². The van der Waals surface area contributed by atoms with E-state index in [1.807, 2.05) is 35.8 Å². The Labute approximate surface area is 234 Å². The second kappa shape index (κ2) is 13.0. The van der Waals surface area contributed by atoms with Crippen molar-refractivity contribution in [2.75, 3.05) is 36.6 Å². The minimum atomic E-state index is -4.13. The molecule has 1 aliphatic carbocycles. The van der Waals surface area contributed by atoms with Crippen LogP contribution in [-0.2, 0) is 48.3 Å². The number of hydrogen-bond donors (Lipinski definition) is 1. The molecule has 0 fully saturated rings. The van der Waals surface area contributed by atoms with Gasteiger partial charge < -0.3 is 19.4 Å². The lowest BCUT2D eigenvalue weighted by molar-refractivity contribution is -0.115. The number of aryl methyl sites for hydroxylation is 1. The molecule has 10 nitrogen and oxygen atoms in total. The first-order valence-electron chi connectivity index (χ1n) is 12.8. The summed E-state index contributed by atoms with van der Waals surface area (Å²) in [4.78, 5) is 43.5.